The highest BCUT2D eigenvalue weighted by molar-refractivity contribution is 7.10. The molecule has 1 aliphatic carbocycles. The molecule has 0 bridgehead atoms. The largest absolute Gasteiger partial charge is 0.349 e. The highest BCUT2D eigenvalue weighted by Gasteiger charge is 2.26. The molecule has 4 nitrogen and oxygen atoms in total. The molecule has 0 spiro atoms. The summed E-state index contributed by atoms with van der Waals surface area (Å²) >= 11 is 1.59. The van der Waals surface area contributed by atoms with Crippen molar-refractivity contribution in [3.63, 3.8) is 0 Å². The van der Waals surface area contributed by atoms with Crippen molar-refractivity contribution in [1.29, 1.82) is 0 Å². The second-order valence-corrected chi connectivity index (χ2v) is 7.24. The zero-order valence-electron chi connectivity index (χ0n) is 13.6. The van der Waals surface area contributed by atoms with Gasteiger partial charge in [0, 0.05) is 16.1 Å². The molecule has 0 saturated heterocycles. The Bertz CT molecular complexity index is 871. The molecule has 1 atom stereocenters. The number of benzene rings is 1. The van der Waals surface area contributed by atoms with E-state index in [0.717, 1.165) is 41.1 Å². The number of amides is 1. The lowest BCUT2D eigenvalue weighted by atomic mass is 9.92. The molecule has 2 aromatic heterocycles. The van der Waals surface area contributed by atoms with E-state index in [-0.39, 0.29) is 17.8 Å². The summed E-state index contributed by atoms with van der Waals surface area (Å²) in [6, 6.07) is 10.2. The number of halogens is 1. The van der Waals surface area contributed by atoms with Crippen LogP contribution >= 0.6 is 11.3 Å². The lowest BCUT2D eigenvalue weighted by molar-refractivity contribution is -0.121. The average molecular weight is 355 g/mol. The molecule has 1 aromatic carbocycles. The first-order valence-electron chi connectivity index (χ1n) is 8.35. The van der Waals surface area contributed by atoms with Gasteiger partial charge in [-0.15, -0.1) is 11.3 Å². The molecule has 2 heterocycles. The monoisotopic (exact) mass is 355 g/mol. The Morgan fingerprint density at radius 1 is 1.32 bits per heavy atom. The smallest absolute Gasteiger partial charge is 0.225 e. The van der Waals surface area contributed by atoms with E-state index in [1.165, 1.54) is 12.1 Å². The summed E-state index contributed by atoms with van der Waals surface area (Å²) in [5.41, 5.74) is 3.00. The fourth-order valence-corrected chi connectivity index (χ4v) is 4.03. The maximum Gasteiger partial charge on any atom is 0.225 e. The molecule has 3 aromatic rings. The normalized spacial score (nSPS) is 16.4. The molecule has 6 heteroatoms. The predicted molar refractivity (Wildman–Crippen MR) is 95.4 cm³/mol. The van der Waals surface area contributed by atoms with Crippen molar-refractivity contribution in [2.45, 2.75) is 31.7 Å². The van der Waals surface area contributed by atoms with Crippen molar-refractivity contribution in [2.75, 3.05) is 0 Å². The minimum Gasteiger partial charge on any atom is -0.349 e. The fraction of sp³-hybridized carbons (Fsp3) is 0.263. The maximum absolute atomic E-state index is 13.2. The quantitative estimate of drug-likeness (QED) is 0.774. The highest BCUT2D eigenvalue weighted by Crippen LogP contribution is 2.31. The molecule has 0 saturated carbocycles. The van der Waals surface area contributed by atoms with Gasteiger partial charge < -0.3 is 5.32 Å². The molecule has 0 aliphatic heterocycles. The van der Waals surface area contributed by atoms with Crippen LogP contribution in [0.2, 0.25) is 0 Å². The van der Waals surface area contributed by atoms with E-state index in [1.807, 2.05) is 28.4 Å². The van der Waals surface area contributed by atoms with Gasteiger partial charge in [-0.1, -0.05) is 6.07 Å². The number of rotatable bonds is 4. The van der Waals surface area contributed by atoms with Gasteiger partial charge in [-0.25, -0.2) is 9.07 Å². The minimum atomic E-state index is -0.261. The molecular weight excluding hydrogens is 337 g/mol. The molecular formula is C19H18FN3OS. The van der Waals surface area contributed by atoms with Crippen LogP contribution in [-0.4, -0.2) is 15.7 Å². The van der Waals surface area contributed by atoms with Crippen LogP contribution in [0.5, 0.6) is 0 Å². The fourth-order valence-electron chi connectivity index (χ4n) is 3.33. The first-order chi connectivity index (χ1) is 12.2. The molecule has 0 fully saturated rings. The summed E-state index contributed by atoms with van der Waals surface area (Å²) in [7, 11) is 0. The molecule has 128 valence electrons. The number of thiophene rings is 1. The zero-order valence-corrected chi connectivity index (χ0v) is 14.4. The van der Waals surface area contributed by atoms with Crippen LogP contribution in [0.4, 0.5) is 4.39 Å². The van der Waals surface area contributed by atoms with E-state index < -0.39 is 0 Å². The molecule has 0 unspecified atom stereocenters. The Hall–Kier alpha value is -2.47. The van der Waals surface area contributed by atoms with E-state index in [4.69, 9.17) is 0 Å². The summed E-state index contributed by atoms with van der Waals surface area (Å²) < 4.78 is 15.0. The number of hydrogen-bond acceptors (Lipinski definition) is 3. The van der Waals surface area contributed by atoms with E-state index in [0.29, 0.717) is 6.42 Å². The number of aromatic nitrogens is 2. The molecule has 4 rings (SSSR count). The topological polar surface area (TPSA) is 46.9 Å². The zero-order chi connectivity index (χ0) is 17.2. The van der Waals surface area contributed by atoms with Gasteiger partial charge in [0.2, 0.25) is 5.91 Å². The van der Waals surface area contributed by atoms with Crippen molar-refractivity contribution >= 4 is 17.2 Å². The van der Waals surface area contributed by atoms with E-state index in [2.05, 4.69) is 10.4 Å². The van der Waals surface area contributed by atoms with Crippen LogP contribution in [0.3, 0.4) is 0 Å². The van der Waals surface area contributed by atoms with E-state index in [1.54, 1.807) is 23.5 Å². The van der Waals surface area contributed by atoms with Gasteiger partial charge >= 0.3 is 0 Å². The Kier molecular flexibility index (Phi) is 4.36. The van der Waals surface area contributed by atoms with Gasteiger partial charge in [0.1, 0.15) is 5.82 Å². The first-order valence-corrected chi connectivity index (χ1v) is 9.23. The lowest BCUT2D eigenvalue weighted by Crippen LogP contribution is -2.31. The summed E-state index contributed by atoms with van der Waals surface area (Å²) in [6.45, 7) is 0. The van der Waals surface area contributed by atoms with Gasteiger partial charge in [-0.05, 0) is 55.0 Å². The standard InChI is InChI=1S/C19H18FN3OS/c20-13-6-8-14(9-7-13)23-18-5-1-4-17(16(18)12-21-23)22-19(24)11-15-3-2-10-25-15/h2-3,6-10,12,17H,1,4-5,11H2,(H,22,24)/t17-/m0/s1. The Balaban J connectivity index is 1.54. The molecule has 25 heavy (non-hydrogen) atoms. The van der Waals surface area contributed by atoms with E-state index >= 15 is 0 Å². The van der Waals surface area contributed by atoms with Gasteiger partial charge in [-0.3, -0.25) is 4.79 Å². The third-order valence-electron chi connectivity index (χ3n) is 4.50. The second kappa shape index (κ2) is 6.80. The van der Waals surface area contributed by atoms with Crippen molar-refractivity contribution in [3.8, 4) is 5.69 Å². The highest BCUT2D eigenvalue weighted by atomic mass is 32.1. The van der Waals surface area contributed by atoms with Crippen LogP contribution in [-0.2, 0) is 17.6 Å². The van der Waals surface area contributed by atoms with Crippen LogP contribution < -0.4 is 5.32 Å². The number of fused-ring (bicyclic) bond motifs is 1. The van der Waals surface area contributed by atoms with Crippen molar-refractivity contribution in [1.82, 2.24) is 15.1 Å². The van der Waals surface area contributed by atoms with Crippen LogP contribution in [0.15, 0.2) is 48.0 Å². The lowest BCUT2D eigenvalue weighted by Gasteiger charge is -2.24. The van der Waals surface area contributed by atoms with Gasteiger partial charge in [-0.2, -0.15) is 5.10 Å². The minimum absolute atomic E-state index is 0.00888. The summed E-state index contributed by atoms with van der Waals surface area (Å²) in [4.78, 5) is 13.4. The second-order valence-electron chi connectivity index (χ2n) is 6.20. The predicted octanol–water partition coefficient (Wildman–Crippen LogP) is 3.81. The number of carbonyl (C=O) groups is 1. The molecule has 0 radical (unpaired) electrons. The SMILES string of the molecule is O=C(Cc1cccs1)N[C@H]1CCCc2c1cnn2-c1ccc(F)cc1. The van der Waals surface area contributed by atoms with Crippen molar-refractivity contribution in [3.05, 3.63) is 69.9 Å². The first kappa shape index (κ1) is 16.0. The Labute approximate surface area is 149 Å². The van der Waals surface area contributed by atoms with Gasteiger partial charge in [0.15, 0.2) is 0 Å². The summed E-state index contributed by atoms with van der Waals surface area (Å²) in [5, 5.41) is 9.60. The number of nitrogens with one attached hydrogen (secondary N) is 1. The van der Waals surface area contributed by atoms with Gasteiger partial charge in [0.25, 0.3) is 0 Å². The maximum atomic E-state index is 13.2. The van der Waals surface area contributed by atoms with Crippen molar-refractivity contribution in [2.24, 2.45) is 0 Å². The molecule has 1 N–H and O–H groups in total. The summed E-state index contributed by atoms with van der Waals surface area (Å²) in [6.07, 6.45) is 5.05. The van der Waals surface area contributed by atoms with Crippen LogP contribution in [0.25, 0.3) is 5.69 Å². The van der Waals surface area contributed by atoms with Gasteiger partial charge in [0.05, 0.1) is 24.3 Å². The number of nitrogens with zero attached hydrogens (tertiary/aromatic N) is 2. The van der Waals surface area contributed by atoms with Crippen LogP contribution in [0, 0.1) is 5.82 Å². The third-order valence-corrected chi connectivity index (χ3v) is 5.38. The molecule has 1 amide bonds. The van der Waals surface area contributed by atoms with Crippen molar-refractivity contribution < 1.29 is 9.18 Å². The number of hydrogen-bond donors (Lipinski definition) is 1. The number of carbonyl (C=O) groups excluding carboxylic acids is 1. The summed E-state index contributed by atoms with van der Waals surface area (Å²) in [5.74, 6) is -0.224. The average Bonchev–Trinajstić information content (AvgIpc) is 3.26. The third kappa shape index (κ3) is 3.35. The molecule has 1 aliphatic rings. The Morgan fingerprint density at radius 2 is 2.16 bits per heavy atom. The van der Waals surface area contributed by atoms with Crippen LogP contribution in [0.1, 0.15) is 35.0 Å². The van der Waals surface area contributed by atoms with E-state index in [9.17, 15) is 9.18 Å². The Morgan fingerprint density at radius 3 is 2.92 bits per heavy atom.